The number of amides is 2. The fourth-order valence-corrected chi connectivity index (χ4v) is 5.91. The highest BCUT2D eigenvalue weighted by atomic mass is 16.5. The number of fused-ring (bicyclic) bond motifs is 1. The van der Waals surface area contributed by atoms with Gasteiger partial charge in [0.05, 0.1) is 18.3 Å². The van der Waals surface area contributed by atoms with Gasteiger partial charge >= 0.3 is 0 Å². The molecule has 0 aromatic carbocycles. The second kappa shape index (κ2) is 10.1. The molecule has 0 radical (unpaired) electrons. The van der Waals surface area contributed by atoms with E-state index in [4.69, 9.17) is 4.74 Å². The first-order chi connectivity index (χ1) is 14.8. The van der Waals surface area contributed by atoms with Gasteiger partial charge in [0.25, 0.3) is 0 Å². The maximum Gasteiger partial charge on any atom is 0.246 e. The topological polar surface area (TPSA) is 101 Å². The highest BCUT2D eigenvalue weighted by Crippen LogP contribution is 2.55. The van der Waals surface area contributed by atoms with Crippen LogP contribution in [0.15, 0.2) is 24.4 Å². The number of methoxy groups -OCH3 is 1. The number of carbonyl (C=O) groups excluding carboxylic acids is 2. The molecule has 2 amide bonds. The van der Waals surface area contributed by atoms with Gasteiger partial charge in [0.2, 0.25) is 11.8 Å². The molecule has 7 atom stereocenters. The smallest absolute Gasteiger partial charge is 0.246 e. The van der Waals surface area contributed by atoms with Crippen molar-refractivity contribution in [1.29, 1.82) is 0 Å². The van der Waals surface area contributed by atoms with E-state index in [1.165, 1.54) is 7.11 Å². The van der Waals surface area contributed by atoms with Crippen LogP contribution in [0, 0.1) is 29.1 Å². The Morgan fingerprint density at radius 2 is 2.06 bits per heavy atom. The van der Waals surface area contributed by atoms with Crippen molar-refractivity contribution in [3.8, 4) is 0 Å². The summed E-state index contributed by atoms with van der Waals surface area (Å²) in [5, 5.41) is 17.5. The molecule has 1 aromatic rings. The summed E-state index contributed by atoms with van der Waals surface area (Å²) in [5.74, 6) is -0.393. The van der Waals surface area contributed by atoms with Gasteiger partial charge in [0.15, 0.2) is 0 Å². The molecule has 2 saturated carbocycles. The number of hydrogen-bond acceptors (Lipinski definition) is 5. The minimum absolute atomic E-state index is 0.0161. The van der Waals surface area contributed by atoms with Crippen LogP contribution < -0.4 is 10.6 Å². The lowest BCUT2D eigenvalue weighted by atomic mass is 9.51. The summed E-state index contributed by atoms with van der Waals surface area (Å²) in [6.07, 6.45) is 4.82. The third-order valence-corrected chi connectivity index (χ3v) is 7.74. The van der Waals surface area contributed by atoms with Crippen molar-refractivity contribution in [2.75, 3.05) is 13.7 Å². The molecule has 2 aliphatic rings. The minimum Gasteiger partial charge on any atom is -0.392 e. The Labute approximate surface area is 185 Å². The van der Waals surface area contributed by atoms with Crippen molar-refractivity contribution >= 4 is 11.8 Å². The predicted molar refractivity (Wildman–Crippen MR) is 118 cm³/mol. The molecule has 3 N–H and O–H groups in total. The van der Waals surface area contributed by atoms with Crippen molar-refractivity contribution in [2.24, 2.45) is 29.1 Å². The number of pyridine rings is 1. The third kappa shape index (κ3) is 5.26. The second-order valence-corrected chi connectivity index (χ2v) is 9.71. The van der Waals surface area contributed by atoms with Crippen LogP contribution in [0.1, 0.15) is 52.1 Å². The Hall–Kier alpha value is -1.99. The van der Waals surface area contributed by atoms with Crippen LogP contribution in [0.4, 0.5) is 0 Å². The van der Waals surface area contributed by atoms with Crippen LogP contribution in [-0.4, -0.2) is 47.8 Å². The van der Waals surface area contributed by atoms with Gasteiger partial charge < -0.3 is 20.5 Å². The molecule has 2 fully saturated rings. The molecule has 0 saturated heterocycles. The molecule has 2 aliphatic carbocycles. The lowest BCUT2D eigenvalue weighted by Crippen LogP contribution is -2.58. The van der Waals surface area contributed by atoms with Crippen molar-refractivity contribution in [2.45, 2.75) is 65.1 Å². The highest BCUT2D eigenvalue weighted by Gasteiger charge is 2.53. The first-order valence-corrected chi connectivity index (χ1v) is 11.4. The molecular weight excluding hydrogens is 394 g/mol. The van der Waals surface area contributed by atoms with Gasteiger partial charge in [0, 0.05) is 25.3 Å². The summed E-state index contributed by atoms with van der Waals surface area (Å²) >= 11 is 0. The van der Waals surface area contributed by atoms with Crippen LogP contribution in [0.3, 0.4) is 0 Å². The minimum atomic E-state index is -0.577. The zero-order valence-electron chi connectivity index (χ0n) is 19.1. The van der Waals surface area contributed by atoms with E-state index in [0.29, 0.717) is 6.54 Å². The first kappa shape index (κ1) is 23.7. The van der Waals surface area contributed by atoms with E-state index in [1.807, 2.05) is 25.1 Å². The molecule has 7 nitrogen and oxygen atoms in total. The Morgan fingerprint density at radius 1 is 1.32 bits per heavy atom. The molecule has 7 heteroatoms. The molecule has 1 aromatic heterocycles. The number of hydrogen-bond donors (Lipinski definition) is 3. The molecule has 0 spiro atoms. The molecule has 1 heterocycles. The first-order valence-electron chi connectivity index (χ1n) is 11.4. The normalized spacial score (nSPS) is 33.8. The summed E-state index contributed by atoms with van der Waals surface area (Å²) in [7, 11) is 1.51. The largest absolute Gasteiger partial charge is 0.392 e. The molecule has 7 unspecified atom stereocenters. The number of rotatable bonds is 7. The summed E-state index contributed by atoms with van der Waals surface area (Å²) < 4.78 is 4.95. The molecule has 31 heavy (non-hydrogen) atoms. The summed E-state index contributed by atoms with van der Waals surface area (Å²) in [5.41, 5.74) is 0.845. The zero-order valence-corrected chi connectivity index (χ0v) is 19.1. The lowest BCUT2D eigenvalue weighted by molar-refractivity contribution is -0.144. The molecule has 172 valence electrons. The van der Waals surface area contributed by atoms with Gasteiger partial charge in [-0.05, 0) is 61.0 Å². The van der Waals surface area contributed by atoms with E-state index in [-0.39, 0.29) is 53.5 Å². The van der Waals surface area contributed by atoms with Crippen molar-refractivity contribution in [3.05, 3.63) is 30.1 Å². The second-order valence-electron chi connectivity index (χ2n) is 9.71. The van der Waals surface area contributed by atoms with Crippen LogP contribution in [-0.2, 0) is 20.9 Å². The number of aromatic nitrogens is 1. The summed E-state index contributed by atoms with van der Waals surface area (Å²) in [4.78, 5) is 29.2. The van der Waals surface area contributed by atoms with Crippen LogP contribution in [0.5, 0.6) is 0 Å². The quantitative estimate of drug-likeness (QED) is 0.615. The number of nitrogens with zero attached hydrogens (tertiary/aromatic N) is 1. The zero-order chi connectivity index (χ0) is 22.6. The van der Waals surface area contributed by atoms with E-state index in [0.717, 1.165) is 31.4 Å². The van der Waals surface area contributed by atoms with Crippen LogP contribution in [0.2, 0.25) is 0 Å². The maximum absolute atomic E-state index is 12.8. The average Bonchev–Trinajstić information content (AvgIpc) is 2.75. The maximum atomic E-state index is 12.8. The van der Waals surface area contributed by atoms with Gasteiger partial charge in [-0.2, -0.15) is 0 Å². The summed E-state index contributed by atoms with van der Waals surface area (Å²) in [6.45, 7) is 6.72. The Kier molecular flexibility index (Phi) is 7.70. The number of nitrogens with one attached hydrogen (secondary N) is 2. The molecular formula is C24H37N3O4. The fraction of sp³-hybridized carbons (Fsp3) is 0.708. The molecule has 0 bridgehead atoms. The Balaban J connectivity index is 1.66. The Bertz CT molecular complexity index is 758. The predicted octanol–water partition coefficient (Wildman–Crippen LogP) is 2.29. The van der Waals surface area contributed by atoms with E-state index >= 15 is 0 Å². The number of ether oxygens (including phenoxy) is 1. The highest BCUT2D eigenvalue weighted by molar-refractivity contribution is 5.78. The number of aliphatic hydroxyl groups is 1. The van der Waals surface area contributed by atoms with Crippen LogP contribution in [0.25, 0.3) is 0 Å². The molecule has 3 rings (SSSR count). The fourth-order valence-electron chi connectivity index (χ4n) is 5.91. The van der Waals surface area contributed by atoms with Gasteiger partial charge in [-0.3, -0.25) is 14.6 Å². The Morgan fingerprint density at radius 3 is 2.74 bits per heavy atom. The number of carbonyl (C=O) groups is 2. The van der Waals surface area contributed by atoms with E-state index in [9.17, 15) is 14.7 Å². The third-order valence-electron chi connectivity index (χ3n) is 7.74. The van der Waals surface area contributed by atoms with E-state index in [1.54, 1.807) is 6.20 Å². The lowest BCUT2D eigenvalue weighted by Gasteiger charge is -2.56. The van der Waals surface area contributed by atoms with Crippen molar-refractivity contribution < 1.29 is 19.4 Å². The van der Waals surface area contributed by atoms with E-state index < -0.39 is 6.10 Å². The summed E-state index contributed by atoms with van der Waals surface area (Å²) in [6, 6.07) is 5.64. The monoisotopic (exact) mass is 431 g/mol. The van der Waals surface area contributed by atoms with Gasteiger partial charge in [0.1, 0.15) is 6.61 Å². The van der Waals surface area contributed by atoms with Gasteiger partial charge in [-0.25, -0.2) is 0 Å². The van der Waals surface area contributed by atoms with Crippen LogP contribution >= 0.6 is 0 Å². The van der Waals surface area contributed by atoms with E-state index in [2.05, 4.69) is 29.5 Å². The molecule has 0 aliphatic heterocycles. The van der Waals surface area contributed by atoms with Gasteiger partial charge in [-0.15, -0.1) is 0 Å². The average molecular weight is 432 g/mol. The van der Waals surface area contributed by atoms with Gasteiger partial charge in [-0.1, -0.05) is 26.8 Å². The van der Waals surface area contributed by atoms with Crippen molar-refractivity contribution in [1.82, 2.24) is 15.6 Å². The van der Waals surface area contributed by atoms with Crippen molar-refractivity contribution in [3.63, 3.8) is 0 Å². The number of aliphatic hydroxyl groups excluding tert-OH is 1. The SMILES string of the molecule is COCC(=O)NC1CCC2(C)CCC(C(C)C(=O)NCc3ccccn3)C(O)C2C1C. The standard InChI is InChI=1S/C24H37N3O4/c1-15(23(30)26-13-17-7-5-6-12-25-17)18-8-10-24(3)11-9-19(27-20(28)14-31-4)16(2)21(24)22(18)29/h5-7,12,15-16,18-19,21-22,29H,8-11,13-14H2,1-4H3,(H,26,30)(H,27,28).